The number of hydrogen-bond donors (Lipinski definition) is 3. The number of rotatable bonds is 5. The summed E-state index contributed by atoms with van der Waals surface area (Å²) in [6.07, 6.45) is 5.05. The number of benzene rings is 1. The fourth-order valence-electron chi connectivity index (χ4n) is 3.37. The summed E-state index contributed by atoms with van der Waals surface area (Å²) in [6, 6.07) is 6.83. The van der Waals surface area contributed by atoms with Crippen LogP contribution in [0, 0.1) is 0 Å². The van der Waals surface area contributed by atoms with E-state index in [1.165, 1.54) is 17.5 Å². The molecule has 1 aliphatic rings. The topological polar surface area (TPSA) is 96.4 Å². The number of nitrogens with one attached hydrogen (secondary N) is 2. The van der Waals surface area contributed by atoms with Gasteiger partial charge in [0.25, 0.3) is 5.91 Å². The predicted molar refractivity (Wildman–Crippen MR) is 114 cm³/mol. The SMILES string of the molecule is CNC(=O)c1cc(Oc2ccc3nc(N[C@@H]4CCCC[C@H]4O)sc3c2Cl)ccn1. The van der Waals surface area contributed by atoms with Gasteiger partial charge in [-0.05, 0) is 31.0 Å². The van der Waals surface area contributed by atoms with Gasteiger partial charge in [0.1, 0.15) is 22.2 Å². The number of carbonyl (C=O) groups excluding carboxylic acids is 1. The predicted octanol–water partition coefficient (Wildman–Crippen LogP) is 4.21. The lowest BCUT2D eigenvalue weighted by Crippen LogP contribution is -2.36. The van der Waals surface area contributed by atoms with E-state index in [9.17, 15) is 9.90 Å². The molecule has 7 nitrogen and oxygen atoms in total. The minimum absolute atomic E-state index is 0.0127. The van der Waals surface area contributed by atoms with Gasteiger partial charge in [-0.15, -0.1) is 0 Å². The van der Waals surface area contributed by atoms with Crippen molar-refractivity contribution >= 4 is 44.2 Å². The molecule has 0 bridgehead atoms. The molecule has 152 valence electrons. The molecule has 4 rings (SSSR count). The average Bonchev–Trinajstić information content (AvgIpc) is 3.15. The summed E-state index contributed by atoms with van der Waals surface area (Å²) >= 11 is 8.01. The smallest absolute Gasteiger partial charge is 0.269 e. The van der Waals surface area contributed by atoms with Crippen LogP contribution in [-0.4, -0.2) is 40.2 Å². The van der Waals surface area contributed by atoms with Crippen LogP contribution in [0.5, 0.6) is 11.5 Å². The Labute approximate surface area is 177 Å². The van der Waals surface area contributed by atoms with Gasteiger partial charge in [-0.25, -0.2) is 4.98 Å². The molecule has 2 atom stereocenters. The van der Waals surface area contributed by atoms with Gasteiger partial charge >= 0.3 is 0 Å². The summed E-state index contributed by atoms with van der Waals surface area (Å²) in [5.41, 5.74) is 1.03. The maximum Gasteiger partial charge on any atom is 0.269 e. The van der Waals surface area contributed by atoms with E-state index in [4.69, 9.17) is 16.3 Å². The molecule has 0 aliphatic heterocycles. The Morgan fingerprint density at radius 1 is 1.31 bits per heavy atom. The van der Waals surface area contributed by atoms with Crippen LogP contribution in [-0.2, 0) is 0 Å². The lowest BCUT2D eigenvalue weighted by Gasteiger charge is -2.27. The van der Waals surface area contributed by atoms with Gasteiger partial charge in [0.05, 0.1) is 22.4 Å². The van der Waals surface area contributed by atoms with E-state index in [1.807, 2.05) is 6.07 Å². The molecule has 3 N–H and O–H groups in total. The quantitative estimate of drug-likeness (QED) is 0.558. The first-order valence-corrected chi connectivity index (χ1v) is 10.6. The summed E-state index contributed by atoms with van der Waals surface area (Å²) in [4.78, 5) is 20.4. The Balaban J connectivity index is 1.57. The van der Waals surface area contributed by atoms with Crippen molar-refractivity contribution in [1.29, 1.82) is 0 Å². The van der Waals surface area contributed by atoms with Crippen molar-refractivity contribution in [1.82, 2.24) is 15.3 Å². The van der Waals surface area contributed by atoms with Crippen LogP contribution >= 0.6 is 22.9 Å². The first kappa shape index (κ1) is 19.9. The number of fused-ring (bicyclic) bond motifs is 1. The third-order valence-electron chi connectivity index (χ3n) is 4.92. The molecule has 2 heterocycles. The number of carbonyl (C=O) groups is 1. The van der Waals surface area contributed by atoms with Crippen molar-refractivity contribution in [3.05, 3.63) is 41.2 Å². The highest BCUT2D eigenvalue weighted by Gasteiger charge is 2.24. The number of nitrogens with zero attached hydrogens (tertiary/aromatic N) is 2. The largest absolute Gasteiger partial charge is 0.456 e. The van der Waals surface area contributed by atoms with Crippen molar-refractivity contribution in [2.24, 2.45) is 0 Å². The number of ether oxygens (including phenoxy) is 1. The highest BCUT2D eigenvalue weighted by atomic mass is 35.5. The van der Waals surface area contributed by atoms with Crippen LogP contribution in [0.4, 0.5) is 5.13 Å². The van der Waals surface area contributed by atoms with Crippen LogP contribution in [0.1, 0.15) is 36.2 Å². The van der Waals surface area contributed by atoms with E-state index in [0.29, 0.717) is 16.5 Å². The van der Waals surface area contributed by atoms with Crippen LogP contribution in [0.3, 0.4) is 0 Å². The number of anilines is 1. The van der Waals surface area contributed by atoms with E-state index in [2.05, 4.69) is 20.6 Å². The summed E-state index contributed by atoms with van der Waals surface area (Å²) < 4.78 is 6.70. The molecule has 0 spiro atoms. The van der Waals surface area contributed by atoms with Crippen LogP contribution in [0.2, 0.25) is 5.02 Å². The second-order valence-electron chi connectivity index (χ2n) is 6.91. The van der Waals surface area contributed by atoms with Crippen LogP contribution in [0.15, 0.2) is 30.5 Å². The number of hydrogen-bond acceptors (Lipinski definition) is 7. The standard InChI is InChI=1S/C20H21ClN4O3S/c1-22-19(27)14-10-11(8-9-23-14)28-16-7-6-13-18(17(16)21)29-20(25-13)24-12-4-2-3-5-15(12)26/h6-10,12,15,26H,2-5H2,1H3,(H,22,27)(H,24,25)/t12-,15-/m1/s1. The molecule has 2 aromatic heterocycles. The number of aliphatic hydroxyl groups is 1. The number of thiazole rings is 1. The van der Waals surface area contributed by atoms with Crippen molar-refractivity contribution in [2.75, 3.05) is 12.4 Å². The maximum atomic E-state index is 11.8. The molecule has 1 aliphatic carbocycles. The van der Waals surface area contributed by atoms with Crippen molar-refractivity contribution in [3.63, 3.8) is 0 Å². The molecule has 1 fully saturated rings. The highest BCUT2D eigenvalue weighted by Crippen LogP contribution is 2.40. The van der Waals surface area contributed by atoms with Gasteiger partial charge in [0.2, 0.25) is 0 Å². The summed E-state index contributed by atoms with van der Waals surface area (Å²) in [5, 5.41) is 17.2. The number of halogens is 1. The van der Waals surface area contributed by atoms with Gasteiger partial charge in [0, 0.05) is 19.3 Å². The molecule has 1 amide bonds. The van der Waals surface area contributed by atoms with Crippen molar-refractivity contribution in [2.45, 2.75) is 37.8 Å². The Hall–Kier alpha value is -2.42. The van der Waals surface area contributed by atoms with E-state index < -0.39 is 0 Å². The Kier molecular flexibility index (Phi) is 5.84. The van der Waals surface area contributed by atoms with Gasteiger partial charge < -0.3 is 20.5 Å². The highest BCUT2D eigenvalue weighted by molar-refractivity contribution is 7.22. The molecule has 0 radical (unpaired) electrons. The fraction of sp³-hybridized carbons (Fsp3) is 0.350. The van der Waals surface area contributed by atoms with Gasteiger partial charge in [-0.2, -0.15) is 0 Å². The molecule has 0 unspecified atom stereocenters. The van der Waals surface area contributed by atoms with Crippen molar-refractivity contribution < 1.29 is 14.6 Å². The molecular weight excluding hydrogens is 412 g/mol. The Morgan fingerprint density at radius 2 is 2.14 bits per heavy atom. The first-order chi connectivity index (χ1) is 14.0. The van der Waals surface area contributed by atoms with Crippen molar-refractivity contribution in [3.8, 4) is 11.5 Å². The number of amides is 1. The zero-order valence-electron chi connectivity index (χ0n) is 15.8. The van der Waals surface area contributed by atoms with E-state index in [1.54, 1.807) is 25.2 Å². The molecule has 1 saturated carbocycles. The molecule has 0 saturated heterocycles. The minimum Gasteiger partial charge on any atom is -0.456 e. The number of aromatic nitrogens is 2. The number of aliphatic hydroxyl groups excluding tert-OH is 1. The van der Waals surface area contributed by atoms with Gasteiger partial charge in [0.15, 0.2) is 5.13 Å². The third-order valence-corrected chi connectivity index (χ3v) is 6.43. The van der Waals surface area contributed by atoms with Crippen LogP contribution < -0.4 is 15.4 Å². The van der Waals surface area contributed by atoms with Gasteiger partial charge in [-0.3, -0.25) is 9.78 Å². The fourth-order valence-corrected chi connectivity index (χ4v) is 4.64. The van der Waals surface area contributed by atoms with E-state index in [0.717, 1.165) is 41.0 Å². The molecule has 9 heteroatoms. The lowest BCUT2D eigenvalue weighted by molar-refractivity contribution is 0.0957. The molecule has 3 aromatic rings. The monoisotopic (exact) mass is 432 g/mol. The zero-order chi connectivity index (χ0) is 20.4. The molecule has 29 heavy (non-hydrogen) atoms. The zero-order valence-corrected chi connectivity index (χ0v) is 17.4. The molecular formula is C20H21ClN4O3S. The lowest BCUT2D eigenvalue weighted by atomic mass is 9.93. The normalized spacial score (nSPS) is 19.1. The molecule has 1 aromatic carbocycles. The Morgan fingerprint density at radius 3 is 2.93 bits per heavy atom. The summed E-state index contributed by atoms with van der Waals surface area (Å²) in [5.74, 6) is 0.647. The first-order valence-electron chi connectivity index (χ1n) is 9.45. The third kappa shape index (κ3) is 4.29. The van der Waals surface area contributed by atoms with E-state index >= 15 is 0 Å². The van der Waals surface area contributed by atoms with Gasteiger partial charge in [-0.1, -0.05) is 35.8 Å². The van der Waals surface area contributed by atoms with Crippen LogP contribution in [0.25, 0.3) is 10.2 Å². The number of pyridine rings is 1. The second kappa shape index (κ2) is 8.52. The summed E-state index contributed by atoms with van der Waals surface area (Å²) in [7, 11) is 1.55. The van der Waals surface area contributed by atoms with E-state index in [-0.39, 0.29) is 23.7 Å². The Bertz CT molecular complexity index is 1040. The average molecular weight is 433 g/mol. The minimum atomic E-state index is -0.355. The second-order valence-corrected chi connectivity index (χ2v) is 8.28. The summed E-state index contributed by atoms with van der Waals surface area (Å²) in [6.45, 7) is 0. The maximum absolute atomic E-state index is 11.8.